The minimum Gasteiger partial charge on any atom is -0.492 e. The quantitative estimate of drug-likeness (QED) is 0.641. The van der Waals surface area contributed by atoms with E-state index >= 15 is 0 Å². The van der Waals surface area contributed by atoms with Gasteiger partial charge < -0.3 is 19.4 Å². The Balaban J connectivity index is 2.00. The first-order chi connectivity index (χ1) is 9.99. The smallest absolute Gasteiger partial charge is 0.488 e. The van der Waals surface area contributed by atoms with Crippen molar-refractivity contribution < 1.29 is 14.8 Å². The van der Waals surface area contributed by atoms with E-state index in [2.05, 4.69) is 0 Å². The zero-order chi connectivity index (χ0) is 15.4. The molecule has 0 aliphatic heterocycles. The van der Waals surface area contributed by atoms with Crippen molar-refractivity contribution in [1.29, 1.82) is 0 Å². The van der Waals surface area contributed by atoms with Gasteiger partial charge in [0.15, 0.2) is 0 Å². The summed E-state index contributed by atoms with van der Waals surface area (Å²) >= 11 is 0. The highest BCUT2D eigenvalue weighted by molar-refractivity contribution is 6.58. The highest BCUT2D eigenvalue weighted by Gasteiger charge is 2.10. The third-order valence-electron chi connectivity index (χ3n) is 3.00. The van der Waals surface area contributed by atoms with Crippen LogP contribution in [0, 0.1) is 0 Å². The number of benzene rings is 1. The van der Waals surface area contributed by atoms with E-state index in [-0.39, 0.29) is 18.7 Å². The zero-order valence-electron chi connectivity index (χ0n) is 11.5. The largest absolute Gasteiger partial charge is 0.492 e. The van der Waals surface area contributed by atoms with Gasteiger partial charge in [-0.05, 0) is 17.6 Å². The molecule has 1 aromatic heterocycles. The number of aryl methyl sites for hydroxylation is 1. The maximum absolute atomic E-state index is 11.8. The third kappa shape index (κ3) is 3.62. The lowest BCUT2D eigenvalue weighted by molar-refractivity contribution is 0.292. The molecule has 0 aliphatic carbocycles. The van der Waals surface area contributed by atoms with Crippen molar-refractivity contribution >= 4 is 12.6 Å². The van der Waals surface area contributed by atoms with Gasteiger partial charge in [0.05, 0.1) is 6.54 Å². The third-order valence-corrected chi connectivity index (χ3v) is 3.00. The normalized spacial score (nSPS) is 10.4. The summed E-state index contributed by atoms with van der Waals surface area (Å²) in [5.41, 5.74) is -0.416. The van der Waals surface area contributed by atoms with Crippen LogP contribution < -0.4 is 21.4 Å². The van der Waals surface area contributed by atoms with E-state index in [1.165, 1.54) is 29.0 Å². The second kappa shape index (κ2) is 6.42. The summed E-state index contributed by atoms with van der Waals surface area (Å²) in [6, 6.07) is 7.53. The number of rotatable bonds is 5. The Morgan fingerprint density at radius 1 is 1.14 bits per heavy atom. The molecule has 7 nitrogen and oxygen atoms in total. The first-order valence-corrected chi connectivity index (χ1v) is 6.34. The van der Waals surface area contributed by atoms with Crippen molar-refractivity contribution in [3.05, 3.63) is 57.4 Å². The Morgan fingerprint density at radius 2 is 1.81 bits per heavy atom. The van der Waals surface area contributed by atoms with Gasteiger partial charge in [-0.3, -0.25) is 9.36 Å². The van der Waals surface area contributed by atoms with Crippen molar-refractivity contribution in [2.45, 2.75) is 6.54 Å². The SMILES string of the molecule is Cn1ccc(=O)n(CCOc2ccc(B(O)O)cc2)c1=O. The summed E-state index contributed by atoms with van der Waals surface area (Å²) in [5.74, 6) is 0.514. The molecule has 2 N–H and O–H groups in total. The number of nitrogens with zero attached hydrogens (tertiary/aromatic N) is 2. The van der Waals surface area contributed by atoms with Crippen LogP contribution in [0.4, 0.5) is 0 Å². The average Bonchev–Trinajstić information content (AvgIpc) is 2.47. The monoisotopic (exact) mass is 290 g/mol. The van der Waals surface area contributed by atoms with Gasteiger partial charge in [-0.15, -0.1) is 0 Å². The first-order valence-electron chi connectivity index (χ1n) is 6.34. The van der Waals surface area contributed by atoms with Gasteiger partial charge in [-0.1, -0.05) is 12.1 Å². The van der Waals surface area contributed by atoms with Crippen LogP contribution in [-0.4, -0.2) is 32.9 Å². The zero-order valence-corrected chi connectivity index (χ0v) is 11.5. The molecule has 110 valence electrons. The molecule has 0 unspecified atom stereocenters. The Hall–Kier alpha value is -2.32. The predicted octanol–water partition coefficient (Wildman–Crippen LogP) is -1.69. The summed E-state index contributed by atoms with van der Waals surface area (Å²) in [7, 11) is 0.0443. The van der Waals surface area contributed by atoms with E-state index in [0.717, 1.165) is 4.57 Å². The van der Waals surface area contributed by atoms with E-state index in [4.69, 9.17) is 14.8 Å². The molecule has 0 saturated carbocycles. The van der Waals surface area contributed by atoms with Gasteiger partial charge >= 0.3 is 12.8 Å². The summed E-state index contributed by atoms with van der Waals surface area (Å²) in [6.45, 7) is 0.289. The standard InChI is InChI=1S/C13H15BN2O5/c1-15-7-6-12(17)16(13(15)18)8-9-21-11-4-2-10(3-5-11)14(19)20/h2-7,19-20H,8-9H2,1H3. The van der Waals surface area contributed by atoms with Crippen LogP contribution in [0.25, 0.3) is 0 Å². The van der Waals surface area contributed by atoms with E-state index in [9.17, 15) is 9.59 Å². The number of aromatic nitrogens is 2. The van der Waals surface area contributed by atoms with Gasteiger partial charge in [0.1, 0.15) is 12.4 Å². The van der Waals surface area contributed by atoms with Crippen LogP contribution in [0.2, 0.25) is 0 Å². The fourth-order valence-electron chi connectivity index (χ4n) is 1.81. The topological polar surface area (TPSA) is 93.7 Å². The average molecular weight is 290 g/mol. The molecule has 0 atom stereocenters. The van der Waals surface area contributed by atoms with Crippen molar-refractivity contribution in [2.75, 3.05) is 6.61 Å². The molecule has 2 aromatic rings. The second-order valence-electron chi connectivity index (χ2n) is 4.49. The minimum absolute atomic E-state index is 0.136. The highest BCUT2D eigenvalue weighted by Crippen LogP contribution is 2.07. The van der Waals surface area contributed by atoms with E-state index in [1.54, 1.807) is 19.2 Å². The summed E-state index contributed by atoms with van der Waals surface area (Å²) in [5, 5.41) is 17.9. The second-order valence-corrected chi connectivity index (χ2v) is 4.49. The molecule has 0 fully saturated rings. The molecule has 0 spiro atoms. The van der Waals surface area contributed by atoms with Gasteiger partial charge in [0.25, 0.3) is 5.56 Å². The van der Waals surface area contributed by atoms with Gasteiger partial charge in [0, 0.05) is 19.3 Å². The van der Waals surface area contributed by atoms with Gasteiger partial charge in [-0.25, -0.2) is 4.79 Å². The summed E-state index contributed by atoms with van der Waals surface area (Å²) in [6.07, 6.45) is 1.42. The Morgan fingerprint density at radius 3 is 2.43 bits per heavy atom. The van der Waals surface area contributed by atoms with Crippen molar-refractivity contribution in [2.24, 2.45) is 7.05 Å². The van der Waals surface area contributed by atoms with Gasteiger partial charge in [-0.2, -0.15) is 0 Å². The van der Waals surface area contributed by atoms with Crippen LogP contribution in [0.3, 0.4) is 0 Å². The summed E-state index contributed by atoms with van der Waals surface area (Å²) in [4.78, 5) is 23.4. The van der Waals surface area contributed by atoms with E-state index in [1.807, 2.05) is 0 Å². The lowest BCUT2D eigenvalue weighted by atomic mass is 9.80. The Kier molecular flexibility index (Phi) is 4.61. The van der Waals surface area contributed by atoms with Crippen LogP contribution in [-0.2, 0) is 13.6 Å². The maximum Gasteiger partial charge on any atom is 0.488 e. The Labute approximate surface area is 120 Å². The fourth-order valence-corrected chi connectivity index (χ4v) is 1.81. The number of hydrogen-bond donors (Lipinski definition) is 2. The molecular formula is C13H15BN2O5. The minimum atomic E-state index is -1.52. The molecule has 1 aromatic carbocycles. The lowest BCUT2D eigenvalue weighted by Crippen LogP contribution is -2.39. The fraction of sp³-hybridized carbons (Fsp3) is 0.231. The van der Waals surface area contributed by atoms with Crippen LogP contribution in [0.5, 0.6) is 5.75 Å². The first kappa shape index (κ1) is 15.1. The van der Waals surface area contributed by atoms with Crippen molar-refractivity contribution in [1.82, 2.24) is 9.13 Å². The van der Waals surface area contributed by atoms with Crippen molar-refractivity contribution in [3.8, 4) is 5.75 Å². The van der Waals surface area contributed by atoms with Crippen molar-refractivity contribution in [3.63, 3.8) is 0 Å². The Bertz CT molecular complexity index is 721. The lowest BCUT2D eigenvalue weighted by Gasteiger charge is -2.09. The predicted molar refractivity (Wildman–Crippen MR) is 77.7 cm³/mol. The molecule has 8 heteroatoms. The molecule has 0 saturated heterocycles. The summed E-state index contributed by atoms with van der Waals surface area (Å²) < 4.78 is 7.83. The van der Waals surface area contributed by atoms with Crippen LogP contribution >= 0.6 is 0 Å². The number of ether oxygens (including phenoxy) is 1. The molecule has 0 aliphatic rings. The van der Waals surface area contributed by atoms with E-state index < -0.39 is 12.8 Å². The molecule has 0 amide bonds. The molecule has 0 bridgehead atoms. The molecule has 0 radical (unpaired) electrons. The molecule has 1 heterocycles. The van der Waals surface area contributed by atoms with E-state index in [0.29, 0.717) is 11.2 Å². The van der Waals surface area contributed by atoms with Gasteiger partial charge in [0.2, 0.25) is 0 Å². The molecule has 21 heavy (non-hydrogen) atoms. The maximum atomic E-state index is 11.8. The highest BCUT2D eigenvalue weighted by atomic mass is 16.5. The van der Waals surface area contributed by atoms with Crippen LogP contribution in [0.15, 0.2) is 46.1 Å². The number of hydrogen-bond acceptors (Lipinski definition) is 5. The molecular weight excluding hydrogens is 275 g/mol. The van der Waals surface area contributed by atoms with Crippen LogP contribution in [0.1, 0.15) is 0 Å². The molecule has 2 rings (SSSR count).